The minimum atomic E-state index is 0.996. The van der Waals surface area contributed by atoms with Gasteiger partial charge in [0.2, 0.25) is 0 Å². The normalized spacial score (nSPS) is 15.8. The molecule has 0 spiro atoms. The molecule has 0 bridgehead atoms. The largest absolute Gasteiger partial charge is 0.496 e. The minimum absolute atomic E-state index is 0.996. The van der Waals surface area contributed by atoms with Crippen LogP contribution in [0, 0.1) is 13.8 Å². The lowest BCUT2D eigenvalue weighted by Crippen LogP contribution is -2.19. The van der Waals surface area contributed by atoms with E-state index in [0.717, 1.165) is 5.75 Å². The average Bonchev–Trinajstić information content (AvgIpc) is 2.75. The Morgan fingerprint density at radius 2 is 1.73 bits per heavy atom. The monoisotopic (exact) mass is 205 g/mol. The predicted octanol–water partition coefficient (Wildman–Crippen LogP) is 2.91. The van der Waals surface area contributed by atoms with Crippen molar-refractivity contribution >= 4 is 5.69 Å². The molecule has 1 saturated heterocycles. The molecule has 15 heavy (non-hydrogen) atoms. The molecule has 0 unspecified atom stereocenters. The minimum Gasteiger partial charge on any atom is -0.496 e. The third-order valence-corrected chi connectivity index (χ3v) is 3.38. The van der Waals surface area contributed by atoms with Crippen LogP contribution in [0.3, 0.4) is 0 Å². The number of rotatable bonds is 2. The van der Waals surface area contributed by atoms with Crippen LogP contribution in [0.4, 0.5) is 5.69 Å². The van der Waals surface area contributed by atoms with E-state index >= 15 is 0 Å². The van der Waals surface area contributed by atoms with Crippen LogP contribution < -0.4 is 9.64 Å². The van der Waals surface area contributed by atoms with Crippen molar-refractivity contribution in [1.82, 2.24) is 0 Å². The van der Waals surface area contributed by atoms with Gasteiger partial charge in [0.05, 0.1) is 7.11 Å². The lowest BCUT2D eigenvalue weighted by Gasteiger charge is -2.22. The molecule has 1 aromatic carbocycles. The summed E-state index contributed by atoms with van der Waals surface area (Å²) in [5, 5.41) is 0. The number of anilines is 1. The fraction of sp³-hybridized carbons (Fsp3) is 0.538. The summed E-state index contributed by atoms with van der Waals surface area (Å²) >= 11 is 0. The Labute approximate surface area is 91.9 Å². The number of hydrogen-bond donors (Lipinski definition) is 0. The van der Waals surface area contributed by atoms with Gasteiger partial charge in [0.1, 0.15) is 5.75 Å². The Kier molecular flexibility index (Phi) is 2.85. The van der Waals surface area contributed by atoms with Crippen molar-refractivity contribution in [3.8, 4) is 5.75 Å². The maximum Gasteiger partial charge on any atom is 0.122 e. The third kappa shape index (κ3) is 1.81. The molecule has 0 atom stereocenters. The van der Waals surface area contributed by atoms with Crippen LogP contribution >= 0.6 is 0 Å². The molecule has 0 radical (unpaired) electrons. The number of benzene rings is 1. The van der Waals surface area contributed by atoms with Gasteiger partial charge in [-0.25, -0.2) is 0 Å². The van der Waals surface area contributed by atoms with Crippen molar-refractivity contribution in [1.29, 1.82) is 0 Å². The van der Waals surface area contributed by atoms with Crippen LogP contribution in [0.1, 0.15) is 24.0 Å². The van der Waals surface area contributed by atoms with Gasteiger partial charge < -0.3 is 9.64 Å². The van der Waals surface area contributed by atoms with Gasteiger partial charge >= 0.3 is 0 Å². The van der Waals surface area contributed by atoms with Crippen molar-refractivity contribution in [2.24, 2.45) is 0 Å². The first-order chi connectivity index (χ1) is 7.24. The molecule has 0 aromatic heterocycles. The molecular formula is C13H19NO. The number of methoxy groups -OCH3 is 1. The van der Waals surface area contributed by atoms with Crippen molar-refractivity contribution in [2.45, 2.75) is 26.7 Å². The molecule has 1 aliphatic heterocycles. The summed E-state index contributed by atoms with van der Waals surface area (Å²) in [6.45, 7) is 6.72. The zero-order chi connectivity index (χ0) is 10.8. The Morgan fingerprint density at radius 3 is 2.33 bits per heavy atom. The molecule has 0 N–H and O–H groups in total. The van der Waals surface area contributed by atoms with Gasteiger partial charge in [0.25, 0.3) is 0 Å². The highest BCUT2D eigenvalue weighted by molar-refractivity contribution is 5.60. The maximum atomic E-state index is 5.32. The van der Waals surface area contributed by atoms with Gasteiger partial charge in [0, 0.05) is 18.8 Å². The van der Waals surface area contributed by atoms with Crippen LogP contribution in [0.15, 0.2) is 12.1 Å². The predicted molar refractivity (Wildman–Crippen MR) is 63.9 cm³/mol. The summed E-state index contributed by atoms with van der Waals surface area (Å²) in [7, 11) is 1.73. The molecular weight excluding hydrogens is 186 g/mol. The van der Waals surface area contributed by atoms with Crippen LogP contribution in [0.2, 0.25) is 0 Å². The first-order valence-corrected chi connectivity index (χ1v) is 5.63. The van der Waals surface area contributed by atoms with Crippen molar-refractivity contribution in [2.75, 3.05) is 25.1 Å². The lowest BCUT2D eigenvalue weighted by atomic mass is 10.1. The van der Waals surface area contributed by atoms with Gasteiger partial charge in [0.15, 0.2) is 0 Å². The second-order valence-corrected chi connectivity index (χ2v) is 4.23. The van der Waals surface area contributed by atoms with Crippen molar-refractivity contribution < 1.29 is 4.74 Å². The smallest absolute Gasteiger partial charge is 0.122 e. The number of ether oxygens (including phenoxy) is 1. The van der Waals surface area contributed by atoms with E-state index in [0.29, 0.717) is 0 Å². The SMILES string of the molecule is COc1ccc(N2CCCC2)c(C)c1C. The molecule has 1 aliphatic rings. The average molecular weight is 205 g/mol. The summed E-state index contributed by atoms with van der Waals surface area (Å²) in [6, 6.07) is 4.27. The standard InChI is InChI=1S/C13H19NO/c1-10-11(2)13(15-3)7-6-12(10)14-8-4-5-9-14/h6-7H,4-5,8-9H2,1-3H3. The summed E-state index contributed by atoms with van der Waals surface area (Å²) in [4.78, 5) is 2.47. The molecule has 0 aliphatic carbocycles. The molecule has 82 valence electrons. The van der Waals surface area contributed by atoms with E-state index in [9.17, 15) is 0 Å². The lowest BCUT2D eigenvalue weighted by molar-refractivity contribution is 0.411. The second-order valence-electron chi connectivity index (χ2n) is 4.23. The van der Waals surface area contributed by atoms with Crippen molar-refractivity contribution in [3.63, 3.8) is 0 Å². The van der Waals surface area contributed by atoms with Crippen LogP contribution in [0.25, 0.3) is 0 Å². The van der Waals surface area contributed by atoms with E-state index in [1.807, 2.05) is 0 Å². The Bertz CT molecular complexity index is 354. The number of hydrogen-bond acceptors (Lipinski definition) is 2. The van der Waals surface area contributed by atoms with E-state index in [1.54, 1.807) is 7.11 Å². The molecule has 2 nitrogen and oxygen atoms in total. The van der Waals surface area contributed by atoms with E-state index in [1.165, 1.54) is 42.7 Å². The zero-order valence-electron chi connectivity index (χ0n) is 9.84. The third-order valence-electron chi connectivity index (χ3n) is 3.38. The topological polar surface area (TPSA) is 12.5 Å². The fourth-order valence-electron chi connectivity index (χ4n) is 2.30. The maximum absolute atomic E-state index is 5.32. The van der Waals surface area contributed by atoms with Crippen LogP contribution in [0.5, 0.6) is 5.75 Å². The van der Waals surface area contributed by atoms with Gasteiger partial charge in [-0.05, 0) is 49.9 Å². The van der Waals surface area contributed by atoms with E-state index in [4.69, 9.17) is 4.74 Å². The van der Waals surface area contributed by atoms with Gasteiger partial charge in [-0.2, -0.15) is 0 Å². The van der Waals surface area contributed by atoms with Crippen molar-refractivity contribution in [3.05, 3.63) is 23.3 Å². The first kappa shape index (κ1) is 10.3. The highest BCUT2D eigenvalue weighted by Gasteiger charge is 2.16. The van der Waals surface area contributed by atoms with E-state index in [-0.39, 0.29) is 0 Å². The Balaban J connectivity index is 2.36. The highest BCUT2D eigenvalue weighted by atomic mass is 16.5. The highest BCUT2D eigenvalue weighted by Crippen LogP contribution is 2.31. The number of nitrogens with zero attached hydrogens (tertiary/aromatic N) is 1. The van der Waals surface area contributed by atoms with Crippen LogP contribution in [-0.4, -0.2) is 20.2 Å². The summed E-state index contributed by atoms with van der Waals surface area (Å²) in [6.07, 6.45) is 2.65. The zero-order valence-corrected chi connectivity index (χ0v) is 9.84. The van der Waals surface area contributed by atoms with E-state index in [2.05, 4.69) is 30.9 Å². The molecule has 2 heteroatoms. The van der Waals surface area contributed by atoms with Gasteiger partial charge in [-0.15, -0.1) is 0 Å². The Morgan fingerprint density at radius 1 is 1.07 bits per heavy atom. The quantitative estimate of drug-likeness (QED) is 0.736. The molecule has 0 amide bonds. The Hall–Kier alpha value is -1.18. The van der Waals surface area contributed by atoms with Gasteiger partial charge in [-0.3, -0.25) is 0 Å². The molecule has 0 saturated carbocycles. The molecule has 2 rings (SSSR count). The van der Waals surface area contributed by atoms with Crippen LogP contribution in [-0.2, 0) is 0 Å². The van der Waals surface area contributed by atoms with Gasteiger partial charge in [-0.1, -0.05) is 0 Å². The fourth-order valence-corrected chi connectivity index (χ4v) is 2.30. The second kappa shape index (κ2) is 4.13. The molecule has 1 fully saturated rings. The summed E-state index contributed by atoms with van der Waals surface area (Å²) in [5.41, 5.74) is 4.00. The van der Waals surface area contributed by atoms with E-state index < -0.39 is 0 Å². The first-order valence-electron chi connectivity index (χ1n) is 5.63. The summed E-state index contributed by atoms with van der Waals surface area (Å²) < 4.78 is 5.32. The molecule has 1 aromatic rings. The summed E-state index contributed by atoms with van der Waals surface area (Å²) in [5.74, 6) is 0.996. The molecule has 1 heterocycles.